The average Bonchev–Trinajstić information content (AvgIpc) is 2.38. The minimum Gasteiger partial charge on any atom is -0.370 e. The van der Waals surface area contributed by atoms with Gasteiger partial charge in [0.05, 0.1) is 23.5 Å². The van der Waals surface area contributed by atoms with E-state index in [1.165, 1.54) is 0 Å². The van der Waals surface area contributed by atoms with E-state index in [0.717, 1.165) is 11.4 Å². The number of hydrogen-bond acceptors (Lipinski definition) is 3. The third-order valence-electron chi connectivity index (χ3n) is 3.49. The third-order valence-corrected chi connectivity index (χ3v) is 3.49. The molecular formula is C13H18F3N3. The van der Waals surface area contributed by atoms with Crippen molar-refractivity contribution in [3.05, 3.63) is 24.0 Å². The molecule has 19 heavy (non-hydrogen) atoms. The molecule has 0 radical (unpaired) electrons. The number of pyridine rings is 1. The van der Waals surface area contributed by atoms with Crippen LogP contribution in [0.1, 0.15) is 31.5 Å². The predicted octanol–water partition coefficient (Wildman–Crippen LogP) is 2.88. The van der Waals surface area contributed by atoms with Gasteiger partial charge in [-0.3, -0.25) is 4.98 Å². The summed E-state index contributed by atoms with van der Waals surface area (Å²) < 4.78 is 38.2. The van der Waals surface area contributed by atoms with E-state index in [9.17, 15) is 13.2 Å². The highest BCUT2D eigenvalue weighted by atomic mass is 19.4. The molecule has 1 saturated heterocycles. The van der Waals surface area contributed by atoms with Crippen LogP contribution in [0.2, 0.25) is 0 Å². The molecule has 2 unspecified atom stereocenters. The van der Waals surface area contributed by atoms with E-state index in [0.29, 0.717) is 13.0 Å². The number of rotatable bonds is 2. The largest absolute Gasteiger partial charge is 0.393 e. The van der Waals surface area contributed by atoms with E-state index in [1.807, 2.05) is 6.92 Å². The number of halogens is 3. The molecule has 1 aromatic rings. The molecule has 2 heterocycles. The molecule has 3 nitrogen and oxygen atoms in total. The van der Waals surface area contributed by atoms with Crippen molar-refractivity contribution in [2.45, 2.75) is 32.0 Å². The number of alkyl halides is 3. The van der Waals surface area contributed by atoms with Crippen LogP contribution in [0.5, 0.6) is 0 Å². The summed E-state index contributed by atoms with van der Waals surface area (Å²) in [6, 6.07) is 3.40. The minimum atomic E-state index is -4.11. The summed E-state index contributed by atoms with van der Waals surface area (Å²) >= 11 is 0. The molecule has 106 valence electrons. The van der Waals surface area contributed by atoms with Gasteiger partial charge >= 0.3 is 6.18 Å². The molecule has 0 bridgehead atoms. The predicted molar refractivity (Wildman–Crippen MR) is 67.8 cm³/mol. The van der Waals surface area contributed by atoms with Crippen LogP contribution in [0.15, 0.2) is 18.3 Å². The van der Waals surface area contributed by atoms with Crippen LogP contribution in [-0.4, -0.2) is 24.2 Å². The summed E-state index contributed by atoms with van der Waals surface area (Å²) in [6.07, 6.45) is -1.74. The first-order chi connectivity index (χ1) is 8.88. The van der Waals surface area contributed by atoms with Crippen LogP contribution >= 0.6 is 0 Å². The van der Waals surface area contributed by atoms with Gasteiger partial charge in [-0.25, -0.2) is 0 Å². The van der Waals surface area contributed by atoms with Crippen molar-refractivity contribution in [1.29, 1.82) is 0 Å². The normalized spacial score (nSPS) is 22.4. The molecule has 2 atom stereocenters. The van der Waals surface area contributed by atoms with E-state index >= 15 is 0 Å². The van der Waals surface area contributed by atoms with Crippen molar-refractivity contribution < 1.29 is 13.2 Å². The van der Waals surface area contributed by atoms with Crippen LogP contribution < -0.4 is 10.6 Å². The second kappa shape index (κ2) is 5.36. The number of nitrogens with zero attached hydrogens (tertiary/aromatic N) is 2. The summed E-state index contributed by atoms with van der Waals surface area (Å²) in [7, 11) is 0. The Hall–Kier alpha value is -1.30. The zero-order valence-corrected chi connectivity index (χ0v) is 10.8. The molecule has 1 aromatic heterocycles. The molecule has 1 aliphatic heterocycles. The molecule has 1 aliphatic rings. The van der Waals surface area contributed by atoms with Crippen molar-refractivity contribution in [3.63, 3.8) is 0 Å². The number of anilines is 1. The Morgan fingerprint density at radius 2 is 2.16 bits per heavy atom. The Morgan fingerprint density at radius 1 is 1.42 bits per heavy atom. The minimum absolute atomic E-state index is 0.0166. The first-order valence-corrected chi connectivity index (χ1v) is 6.41. The van der Waals surface area contributed by atoms with E-state index in [2.05, 4.69) is 4.98 Å². The van der Waals surface area contributed by atoms with Gasteiger partial charge in [0.25, 0.3) is 0 Å². The lowest BCUT2D eigenvalue weighted by molar-refractivity contribution is -0.175. The smallest absolute Gasteiger partial charge is 0.370 e. The van der Waals surface area contributed by atoms with E-state index in [4.69, 9.17) is 5.73 Å². The highest BCUT2D eigenvalue weighted by Gasteiger charge is 2.41. The van der Waals surface area contributed by atoms with Crippen LogP contribution in [0.3, 0.4) is 0 Å². The van der Waals surface area contributed by atoms with Crippen molar-refractivity contribution in [1.82, 2.24) is 4.98 Å². The second-order valence-electron chi connectivity index (χ2n) is 5.06. The summed E-state index contributed by atoms with van der Waals surface area (Å²) in [4.78, 5) is 5.94. The number of aromatic nitrogens is 1. The molecule has 0 aliphatic carbocycles. The first-order valence-electron chi connectivity index (χ1n) is 6.41. The van der Waals surface area contributed by atoms with Crippen molar-refractivity contribution >= 4 is 5.69 Å². The topological polar surface area (TPSA) is 42.1 Å². The van der Waals surface area contributed by atoms with Crippen LogP contribution in [0.4, 0.5) is 18.9 Å². The molecule has 6 heteroatoms. The molecule has 2 N–H and O–H groups in total. The summed E-state index contributed by atoms with van der Waals surface area (Å²) in [5, 5.41) is 0. The van der Waals surface area contributed by atoms with Gasteiger partial charge in [-0.05, 0) is 31.9 Å². The fourth-order valence-corrected chi connectivity index (χ4v) is 2.33. The lowest BCUT2D eigenvalue weighted by atomic mass is 9.97. The molecular weight excluding hydrogens is 255 g/mol. The van der Waals surface area contributed by atoms with E-state index in [-0.39, 0.29) is 19.0 Å². The van der Waals surface area contributed by atoms with Crippen molar-refractivity contribution in [3.8, 4) is 0 Å². The average molecular weight is 273 g/mol. The van der Waals surface area contributed by atoms with Gasteiger partial charge in [-0.15, -0.1) is 0 Å². The van der Waals surface area contributed by atoms with Gasteiger partial charge in [-0.1, -0.05) is 0 Å². The Morgan fingerprint density at radius 3 is 2.68 bits per heavy atom. The van der Waals surface area contributed by atoms with Crippen molar-refractivity contribution in [2.75, 3.05) is 18.0 Å². The second-order valence-corrected chi connectivity index (χ2v) is 5.06. The van der Waals surface area contributed by atoms with Gasteiger partial charge in [0, 0.05) is 19.1 Å². The molecule has 0 amide bonds. The van der Waals surface area contributed by atoms with Gasteiger partial charge in [0.15, 0.2) is 0 Å². The number of hydrogen-bond donors (Lipinski definition) is 1. The summed E-state index contributed by atoms with van der Waals surface area (Å²) in [5.74, 6) is -1.24. The fraction of sp³-hybridized carbons (Fsp3) is 0.615. The Kier molecular flexibility index (Phi) is 3.99. The maximum atomic E-state index is 12.7. The summed E-state index contributed by atoms with van der Waals surface area (Å²) in [6.45, 7) is 2.48. The zero-order valence-electron chi connectivity index (χ0n) is 10.8. The maximum absolute atomic E-state index is 12.7. The number of nitrogens with two attached hydrogens (primary N) is 1. The maximum Gasteiger partial charge on any atom is 0.393 e. The van der Waals surface area contributed by atoms with Gasteiger partial charge in [0.1, 0.15) is 0 Å². The quantitative estimate of drug-likeness (QED) is 0.901. The third kappa shape index (κ3) is 3.37. The van der Waals surface area contributed by atoms with Gasteiger partial charge in [0.2, 0.25) is 0 Å². The van der Waals surface area contributed by atoms with Crippen molar-refractivity contribution in [2.24, 2.45) is 11.7 Å². The Labute approximate surface area is 110 Å². The molecule has 0 spiro atoms. The molecule has 1 fully saturated rings. The number of piperidine rings is 1. The highest BCUT2D eigenvalue weighted by Crippen LogP contribution is 2.34. The Balaban J connectivity index is 2.09. The zero-order chi connectivity index (χ0) is 14.0. The van der Waals surface area contributed by atoms with Gasteiger partial charge < -0.3 is 10.6 Å². The molecule has 0 aromatic carbocycles. The van der Waals surface area contributed by atoms with Crippen LogP contribution in [0.25, 0.3) is 0 Å². The van der Waals surface area contributed by atoms with Crippen LogP contribution in [0, 0.1) is 5.92 Å². The molecule has 0 saturated carbocycles. The van der Waals surface area contributed by atoms with E-state index < -0.39 is 12.1 Å². The lowest BCUT2D eigenvalue weighted by Gasteiger charge is -2.35. The van der Waals surface area contributed by atoms with Gasteiger partial charge in [-0.2, -0.15) is 13.2 Å². The summed E-state index contributed by atoms with van der Waals surface area (Å²) in [5.41, 5.74) is 7.17. The standard InChI is InChI=1S/C13H18F3N3/c1-9(17)12-5-4-11(7-18-12)19-6-2-3-10(8-19)13(14,15)16/h4-5,7,9-10H,2-3,6,8,17H2,1H3. The van der Waals surface area contributed by atoms with Crippen LogP contribution in [-0.2, 0) is 0 Å². The first kappa shape index (κ1) is 14.1. The monoisotopic (exact) mass is 273 g/mol. The lowest BCUT2D eigenvalue weighted by Crippen LogP contribution is -2.41. The highest BCUT2D eigenvalue weighted by molar-refractivity contribution is 5.45. The SMILES string of the molecule is CC(N)c1ccc(N2CCCC(C(F)(F)F)C2)cn1. The fourth-order valence-electron chi connectivity index (χ4n) is 2.33. The molecule has 2 rings (SSSR count). The van der Waals surface area contributed by atoms with E-state index in [1.54, 1.807) is 23.2 Å². The Bertz CT molecular complexity index is 414.